The summed E-state index contributed by atoms with van der Waals surface area (Å²) in [6.07, 6.45) is 3.94. The number of benzene rings is 3. The van der Waals surface area contributed by atoms with Gasteiger partial charge in [0.25, 0.3) is 0 Å². The van der Waals surface area contributed by atoms with Gasteiger partial charge in [0, 0.05) is 39.6 Å². The van der Waals surface area contributed by atoms with Crippen LogP contribution in [0.2, 0.25) is 0 Å². The second kappa shape index (κ2) is 11.4. The van der Waals surface area contributed by atoms with Gasteiger partial charge in [0.2, 0.25) is 11.8 Å². The number of hydrogen-bond donors (Lipinski definition) is 2. The third-order valence-electron chi connectivity index (χ3n) is 9.33. The molecule has 8 nitrogen and oxygen atoms in total. The predicted molar refractivity (Wildman–Crippen MR) is 169 cm³/mol. The molecule has 1 fully saturated rings. The topological polar surface area (TPSA) is 113 Å². The number of aliphatic hydroxyl groups is 1. The zero-order valence-electron chi connectivity index (χ0n) is 24.7. The van der Waals surface area contributed by atoms with Crippen LogP contribution in [0.15, 0.2) is 113 Å². The normalized spacial score (nSPS) is 24.1. The summed E-state index contributed by atoms with van der Waals surface area (Å²) in [5.41, 5.74) is 4.96. The second-order valence-corrected chi connectivity index (χ2v) is 11.9. The Balaban J connectivity index is 1.26. The molecule has 0 radical (unpaired) electrons. The molecule has 3 aromatic rings. The van der Waals surface area contributed by atoms with Gasteiger partial charge in [0.15, 0.2) is 11.6 Å². The van der Waals surface area contributed by atoms with Gasteiger partial charge in [-0.25, -0.2) is 0 Å². The number of ketones is 2. The molecule has 226 valence electrons. The van der Waals surface area contributed by atoms with Crippen molar-refractivity contribution in [3.63, 3.8) is 0 Å². The summed E-state index contributed by atoms with van der Waals surface area (Å²) in [5.74, 6) is -2.78. The van der Waals surface area contributed by atoms with Gasteiger partial charge < -0.3 is 15.2 Å². The molecule has 0 aromatic heterocycles. The lowest BCUT2D eigenvalue weighted by molar-refractivity contribution is -0.123. The minimum absolute atomic E-state index is 0.0658. The number of fused-ring (bicyclic) bond motifs is 3. The van der Waals surface area contributed by atoms with E-state index in [0.29, 0.717) is 40.1 Å². The van der Waals surface area contributed by atoms with Crippen molar-refractivity contribution in [3.8, 4) is 5.75 Å². The summed E-state index contributed by atoms with van der Waals surface area (Å²) in [7, 11) is 0. The van der Waals surface area contributed by atoms with Crippen molar-refractivity contribution in [2.75, 3.05) is 23.4 Å². The van der Waals surface area contributed by atoms with E-state index in [1.807, 2.05) is 66.7 Å². The molecular formula is C37H32N2O6. The maximum absolute atomic E-state index is 14.2. The van der Waals surface area contributed by atoms with Gasteiger partial charge in [0.1, 0.15) is 12.4 Å². The first-order valence-corrected chi connectivity index (χ1v) is 15.2. The summed E-state index contributed by atoms with van der Waals surface area (Å²) >= 11 is 0. The van der Waals surface area contributed by atoms with Crippen LogP contribution in [0.5, 0.6) is 5.75 Å². The number of para-hydroxylation sites is 2. The molecule has 4 aliphatic rings. The molecule has 3 aliphatic carbocycles. The maximum Gasteiger partial charge on any atom is 0.238 e. The molecule has 7 rings (SSSR count). The third kappa shape index (κ3) is 4.82. The van der Waals surface area contributed by atoms with Crippen molar-refractivity contribution >= 4 is 40.4 Å². The lowest BCUT2D eigenvalue weighted by atomic mass is 9.59. The van der Waals surface area contributed by atoms with Gasteiger partial charge >= 0.3 is 0 Å². The fourth-order valence-corrected chi connectivity index (χ4v) is 7.38. The first kappa shape index (κ1) is 28.7. The minimum atomic E-state index is -0.671. The molecular weight excluding hydrogens is 568 g/mol. The number of anilines is 3. The van der Waals surface area contributed by atoms with Crippen LogP contribution in [0, 0.1) is 17.8 Å². The van der Waals surface area contributed by atoms with E-state index >= 15 is 0 Å². The van der Waals surface area contributed by atoms with Crippen molar-refractivity contribution in [3.05, 3.63) is 119 Å². The average molecular weight is 601 g/mol. The highest BCUT2D eigenvalue weighted by molar-refractivity contribution is 6.25. The Bertz CT molecular complexity index is 1820. The van der Waals surface area contributed by atoms with Gasteiger partial charge in [-0.15, -0.1) is 0 Å². The van der Waals surface area contributed by atoms with E-state index in [9.17, 15) is 24.3 Å². The summed E-state index contributed by atoms with van der Waals surface area (Å²) < 4.78 is 5.88. The molecule has 45 heavy (non-hydrogen) atoms. The van der Waals surface area contributed by atoms with E-state index in [4.69, 9.17) is 4.74 Å². The molecule has 1 heterocycles. The van der Waals surface area contributed by atoms with Gasteiger partial charge in [0.05, 0.1) is 24.1 Å². The Hall–Kier alpha value is -5.08. The molecule has 2 amide bonds. The first-order valence-electron chi connectivity index (χ1n) is 15.2. The molecule has 3 aromatic carbocycles. The van der Waals surface area contributed by atoms with E-state index in [1.54, 1.807) is 25.1 Å². The monoisotopic (exact) mass is 600 g/mol. The van der Waals surface area contributed by atoms with E-state index < -0.39 is 23.7 Å². The van der Waals surface area contributed by atoms with Gasteiger partial charge in [-0.2, -0.15) is 0 Å². The van der Waals surface area contributed by atoms with E-state index in [0.717, 1.165) is 16.9 Å². The van der Waals surface area contributed by atoms with Crippen molar-refractivity contribution in [1.29, 1.82) is 0 Å². The Kier molecular flexibility index (Phi) is 7.30. The molecule has 1 saturated heterocycles. The highest BCUT2D eigenvalue weighted by Crippen LogP contribution is 2.56. The van der Waals surface area contributed by atoms with E-state index in [-0.39, 0.29) is 43.0 Å². The van der Waals surface area contributed by atoms with Crippen LogP contribution >= 0.6 is 0 Å². The van der Waals surface area contributed by atoms with Crippen LogP contribution in [0.1, 0.15) is 31.2 Å². The summed E-state index contributed by atoms with van der Waals surface area (Å²) in [5, 5.41) is 12.8. The number of imide groups is 1. The Morgan fingerprint density at radius 1 is 0.867 bits per heavy atom. The van der Waals surface area contributed by atoms with Crippen LogP contribution in [-0.4, -0.2) is 41.7 Å². The minimum Gasteiger partial charge on any atom is -0.491 e. The number of rotatable bonds is 7. The quantitative estimate of drug-likeness (QED) is 0.211. The molecule has 1 aliphatic heterocycles. The highest BCUT2D eigenvalue weighted by atomic mass is 16.5. The smallest absolute Gasteiger partial charge is 0.238 e. The van der Waals surface area contributed by atoms with Crippen LogP contribution in [-0.2, 0) is 19.2 Å². The Labute approximate surface area is 260 Å². The zero-order valence-corrected chi connectivity index (χ0v) is 24.7. The number of nitrogens with zero attached hydrogens (tertiary/aromatic N) is 1. The van der Waals surface area contributed by atoms with Crippen LogP contribution in [0.4, 0.5) is 17.1 Å². The zero-order chi connectivity index (χ0) is 31.2. The largest absolute Gasteiger partial charge is 0.491 e. The first-order chi connectivity index (χ1) is 21.9. The molecule has 2 N–H and O–H groups in total. The van der Waals surface area contributed by atoms with Crippen molar-refractivity contribution < 1.29 is 29.0 Å². The Morgan fingerprint density at radius 3 is 2.33 bits per heavy atom. The number of Topliss-reactive ketones (excluding diaryl/α,β-unsaturated/α-hetero) is 1. The predicted octanol–water partition coefficient (Wildman–Crippen LogP) is 5.44. The summed E-state index contributed by atoms with van der Waals surface area (Å²) in [4.78, 5) is 56.5. The van der Waals surface area contributed by atoms with E-state index in [2.05, 4.69) is 5.32 Å². The maximum atomic E-state index is 14.2. The number of carbonyl (C=O) groups is 4. The van der Waals surface area contributed by atoms with Crippen molar-refractivity contribution in [1.82, 2.24) is 0 Å². The summed E-state index contributed by atoms with van der Waals surface area (Å²) in [6.45, 7) is 1.52. The summed E-state index contributed by atoms with van der Waals surface area (Å²) in [6, 6.07) is 24.2. The molecule has 8 heteroatoms. The number of ether oxygens (including phenoxy) is 1. The van der Waals surface area contributed by atoms with Gasteiger partial charge in [-0.1, -0.05) is 48.0 Å². The van der Waals surface area contributed by atoms with Crippen LogP contribution in [0.3, 0.4) is 0 Å². The lowest BCUT2D eigenvalue weighted by Crippen LogP contribution is -2.40. The standard InChI is InChI=1S/C37H32N2O6/c1-21-19-30(41)34-29(35(21)42)20-28-25(32(34)26-9-5-6-10-31(26)45-18-17-40)15-16-27-33(28)37(44)39(36(27)43)24-13-11-23(12-14-24)38-22-7-3-2-4-8-22/h2-15,19,27-28,32-33,38,40H,16-18,20H2,1H3/t27-,28+,32+,33-/m0/s1. The molecule has 0 saturated carbocycles. The van der Waals surface area contributed by atoms with Crippen molar-refractivity contribution in [2.45, 2.75) is 25.7 Å². The number of aliphatic hydroxyl groups excluding tert-OH is 1. The third-order valence-corrected chi connectivity index (χ3v) is 9.33. The number of amides is 2. The van der Waals surface area contributed by atoms with Crippen LogP contribution < -0.4 is 15.0 Å². The van der Waals surface area contributed by atoms with Gasteiger partial charge in [-0.3, -0.25) is 24.1 Å². The highest BCUT2D eigenvalue weighted by Gasteiger charge is 2.56. The number of allylic oxidation sites excluding steroid dienone is 6. The Morgan fingerprint density at radius 2 is 1.58 bits per heavy atom. The molecule has 0 bridgehead atoms. The van der Waals surface area contributed by atoms with Crippen LogP contribution in [0.25, 0.3) is 0 Å². The number of hydrogen-bond acceptors (Lipinski definition) is 7. The number of carbonyl (C=O) groups excluding carboxylic acids is 4. The molecule has 0 unspecified atom stereocenters. The average Bonchev–Trinajstić information content (AvgIpc) is 3.32. The second-order valence-electron chi connectivity index (χ2n) is 11.9. The van der Waals surface area contributed by atoms with Crippen molar-refractivity contribution in [2.24, 2.45) is 17.8 Å². The molecule has 0 spiro atoms. The van der Waals surface area contributed by atoms with Gasteiger partial charge in [-0.05, 0) is 74.2 Å². The number of nitrogens with one attached hydrogen (secondary N) is 1. The molecule has 4 atom stereocenters. The SMILES string of the molecule is CC1=CC(=O)C2=C(C[C@@H]3C(=CC[C@@H]4C(=O)N(c5ccc(Nc6ccccc6)cc5)C(=O)[C@@H]43)[C@@H]2c2ccccc2OCCO)C1=O. The fourth-order valence-electron chi connectivity index (χ4n) is 7.38. The van der Waals surface area contributed by atoms with E-state index in [1.165, 1.54) is 11.0 Å². The fraction of sp³-hybridized carbons (Fsp3) is 0.243. The lowest BCUT2D eigenvalue weighted by Gasteiger charge is -2.42.